The normalized spacial score (nSPS) is 16.2. The summed E-state index contributed by atoms with van der Waals surface area (Å²) in [5.74, 6) is 0.398. The number of aromatic hydroxyl groups is 1. The topological polar surface area (TPSA) is 49.3 Å². The van der Waals surface area contributed by atoms with Crippen molar-refractivity contribution in [2.45, 2.75) is 23.3 Å². The Hall–Kier alpha value is -1.56. The smallest absolute Gasteiger partial charge is 0.252 e. The molecular weight excluding hydrogens is 377 g/mol. The van der Waals surface area contributed by atoms with Gasteiger partial charge in [-0.3, -0.25) is 4.79 Å². The fourth-order valence-electron chi connectivity index (χ4n) is 2.78. The van der Waals surface area contributed by atoms with E-state index in [4.69, 9.17) is 0 Å². The fourth-order valence-corrected chi connectivity index (χ4v) is 3.72. The van der Waals surface area contributed by atoms with Gasteiger partial charge in [-0.2, -0.15) is 0 Å². The van der Waals surface area contributed by atoms with Crippen molar-refractivity contribution >= 4 is 28.5 Å². The van der Waals surface area contributed by atoms with Crippen LogP contribution in [0, 0.1) is 0 Å². The number of amides is 1. The molecule has 1 aliphatic heterocycles. The predicted octanol–water partition coefficient (Wildman–Crippen LogP) is 3.92. The summed E-state index contributed by atoms with van der Waals surface area (Å²) in [4.78, 5) is 12.1. The second-order valence-electron chi connectivity index (χ2n) is 5.31. The van der Waals surface area contributed by atoms with E-state index in [1.165, 1.54) is 5.56 Å². The second kappa shape index (κ2) is 5.67. The van der Waals surface area contributed by atoms with Crippen LogP contribution in [0.5, 0.6) is 5.75 Å². The summed E-state index contributed by atoms with van der Waals surface area (Å²) in [7, 11) is 0. The Labute approximate surface area is 137 Å². The van der Waals surface area contributed by atoms with Crippen LogP contribution in [0.4, 0.5) is 0 Å². The van der Waals surface area contributed by atoms with E-state index in [0.717, 1.165) is 11.1 Å². The predicted molar refractivity (Wildman–Crippen MR) is 90.9 cm³/mol. The maximum absolute atomic E-state index is 12.1. The summed E-state index contributed by atoms with van der Waals surface area (Å²) in [5.41, 5.74) is 3.61. The molecule has 2 aromatic rings. The van der Waals surface area contributed by atoms with Gasteiger partial charge in [0.05, 0.1) is 5.56 Å². The molecule has 0 spiro atoms. The van der Waals surface area contributed by atoms with Crippen LogP contribution in [0.2, 0.25) is 0 Å². The Morgan fingerprint density at radius 2 is 1.90 bits per heavy atom. The number of benzene rings is 2. The molecule has 1 aliphatic rings. The Bertz CT molecular complexity index is 685. The molecule has 0 aromatic heterocycles. The van der Waals surface area contributed by atoms with Crippen molar-refractivity contribution in [2.24, 2.45) is 0 Å². The lowest BCUT2D eigenvalue weighted by atomic mass is 9.90. The molecule has 2 aromatic carbocycles. The van der Waals surface area contributed by atoms with E-state index in [0.29, 0.717) is 12.1 Å². The van der Waals surface area contributed by atoms with Gasteiger partial charge in [-0.25, -0.2) is 0 Å². The maximum atomic E-state index is 12.1. The lowest BCUT2D eigenvalue weighted by Gasteiger charge is -2.21. The average molecular weight is 393 g/mol. The number of phenolic OH excluding ortho intramolecular Hbond substituents is 1. The standard InChI is InChI=1S/C17H16INO2/c1-10(11-5-3-2-4-6-11)16(18)12-7-8-14(20)13-9-19-17(21)15(12)13/h2-8,10,16,20H,9H2,1H3,(H,19,21). The third kappa shape index (κ3) is 2.52. The molecular formula is C17H16INO2. The van der Waals surface area contributed by atoms with Gasteiger partial charge < -0.3 is 10.4 Å². The van der Waals surface area contributed by atoms with E-state index in [-0.39, 0.29) is 21.5 Å². The summed E-state index contributed by atoms with van der Waals surface area (Å²) in [6.07, 6.45) is 0. The monoisotopic (exact) mass is 393 g/mol. The summed E-state index contributed by atoms with van der Waals surface area (Å²) >= 11 is 2.39. The number of alkyl halides is 1. The van der Waals surface area contributed by atoms with Crippen LogP contribution in [0.3, 0.4) is 0 Å². The molecule has 0 bridgehead atoms. The molecule has 1 amide bonds. The molecule has 0 saturated heterocycles. The van der Waals surface area contributed by atoms with Gasteiger partial charge in [0.1, 0.15) is 5.75 Å². The molecule has 108 valence electrons. The quantitative estimate of drug-likeness (QED) is 0.614. The minimum Gasteiger partial charge on any atom is -0.508 e. The molecule has 0 radical (unpaired) electrons. The lowest BCUT2D eigenvalue weighted by molar-refractivity contribution is 0.0965. The molecule has 2 N–H and O–H groups in total. The lowest BCUT2D eigenvalue weighted by Crippen LogP contribution is -2.15. The number of phenols is 1. The number of hydrogen-bond donors (Lipinski definition) is 2. The molecule has 3 rings (SSSR count). The van der Waals surface area contributed by atoms with Crippen molar-refractivity contribution in [3.8, 4) is 5.75 Å². The molecule has 1 heterocycles. The van der Waals surface area contributed by atoms with E-state index in [2.05, 4.69) is 47.0 Å². The van der Waals surface area contributed by atoms with Gasteiger partial charge in [-0.1, -0.05) is 65.9 Å². The zero-order valence-corrected chi connectivity index (χ0v) is 13.8. The minimum atomic E-state index is -0.0853. The zero-order chi connectivity index (χ0) is 15.0. The van der Waals surface area contributed by atoms with Gasteiger partial charge in [-0.15, -0.1) is 0 Å². The van der Waals surface area contributed by atoms with Gasteiger partial charge >= 0.3 is 0 Å². The number of fused-ring (bicyclic) bond motifs is 1. The van der Waals surface area contributed by atoms with E-state index in [1.807, 2.05) is 24.3 Å². The average Bonchev–Trinajstić information content (AvgIpc) is 2.90. The summed E-state index contributed by atoms with van der Waals surface area (Å²) in [5, 5.41) is 12.7. The summed E-state index contributed by atoms with van der Waals surface area (Å²) < 4.78 is 0.170. The first kappa shape index (κ1) is 14.4. The van der Waals surface area contributed by atoms with Crippen molar-refractivity contribution in [3.63, 3.8) is 0 Å². The Morgan fingerprint density at radius 1 is 1.19 bits per heavy atom. The van der Waals surface area contributed by atoms with E-state index in [9.17, 15) is 9.90 Å². The van der Waals surface area contributed by atoms with Crippen molar-refractivity contribution in [1.82, 2.24) is 5.32 Å². The first-order valence-corrected chi connectivity index (χ1v) is 8.16. The third-order valence-electron chi connectivity index (χ3n) is 4.03. The molecule has 0 saturated carbocycles. The van der Waals surface area contributed by atoms with Gasteiger partial charge in [0.25, 0.3) is 5.91 Å². The van der Waals surface area contributed by atoms with Crippen LogP contribution in [0.25, 0.3) is 0 Å². The van der Waals surface area contributed by atoms with Gasteiger partial charge in [0.15, 0.2) is 0 Å². The van der Waals surface area contributed by atoms with E-state index in [1.54, 1.807) is 6.07 Å². The number of hydrogen-bond acceptors (Lipinski definition) is 2. The Kier molecular flexibility index (Phi) is 3.89. The van der Waals surface area contributed by atoms with Gasteiger partial charge in [-0.05, 0) is 23.1 Å². The molecule has 3 nitrogen and oxygen atoms in total. The zero-order valence-electron chi connectivity index (χ0n) is 11.6. The van der Waals surface area contributed by atoms with Crippen molar-refractivity contribution in [1.29, 1.82) is 0 Å². The first-order chi connectivity index (χ1) is 10.1. The summed E-state index contributed by atoms with van der Waals surface area (Å²) in [6.45, 7) is 2.58. The van der Waals surface area contributed by atoms with Crippen molar-refractivity contribution < 1.29 is 9.90 Å². The largest absolute Gasteiger partial charge is 0.508 e. The Balaban J connectivity index is 2.02. The summed E-state index contributed by atoms with van der Waals surface area (Å²) in [6, 6.07) is 13.8. The van der Waals surface area contributed by atoms with Crippen molar-refractivity contribution in [3.05, 3.63) is 64.7 Å². The highest BCUT2D eigenvalue weighted by Crippen LogP contribution is 2.42. The molecule has 0 fully saturated rings. The van der Waals surface area contributed by atoms with Crippen molar-refractivity contribution in [2.75, 3.05) is 0 Å². The number of halogens is 1. The molecule has 21 heavy (non-hydrogen) atoms. The maximum Gasteiger partial charge on any atom is 0.252 e. The van der Waals surface area contributed by atoms with E-state index < -0.39 is 0 Å². The highest BCUT2D eigenvalue weighted by molar-refractivity contribution is 14.1. The van der Waals surface area contributed by atoms with Gasteiger partial charge in [0, 0.05) is 16.0 Å². The van der Waals surface area contributed by atoms with E-state index >= 15 is 0 Å². The molecule has 4 heteroatoms. The highest BCUT2D eigenvalue weighted by atomic mass is 127. The van der Waals surface area contributed by atoms with Gasteiger partial charge in [0.2, 0.25) is 0 Å². The van der Waals surface area contributed by atoms with Crippen LogP contribution >= 0.6 is 22.6 Å². The van der Waals surface area contributed by atoms with Crippen LogP contribution in [-0.2, 0) is 6.54 Å². The minimum absolute atomic E-state index is 0.0853. The van der Waals surface area contributed by atoms with Crippen LogP contribution in [0.1, 0.15) is 43.8 Å². The van der Waals surface area contributed by atoms with Crippen LogP contribution in [0.15, 0.2) is 42.5 Å². The SMILES string of the molecule is CC(c1ccccc1)C(I)c1ccc(O)c2c1C(=O)NC2. The number of carbonyl (C=O) groups excluding carboxylic acids is 1. The molecule has 0 aliphatic carbocycles. The highest BCUT2D eigenvalue weighted by Gasteiger charge is 2.30. The molecule has 2 atom stereocenters. The fraction of sp³-hybridized carbons (Fsp3) is 0.235. The Morgan fingerprint density at radius 3 is 2.62 bits per heavy atom. The third-order valence-corrected chi connectivity index (χ3v) is 5.78. The van der Waals surface area contributed by atoms with Crippen LogP contribution in [-0.4, -0.2) is 11.0 Å². The molecule has 2 unspecified atom stereocenters. The first-order valence-electron chi connectivity index (χ1n) is 6.91. The van der Waals surface area contributed by atoms with Crippen LogP contribution < -0.4 is 5.32 Å². The number of carbonyl (C=O) groups is 1. The second-order valence-corrected chi connectivity index (χ2v) is 6.65. The number of nitrogens with one attached hydrogen (secondary N) is 1. The number of rotatable bonds is 3.